The Hall–Kier alpha value is -1.65. The fraction of sp³-hybridized carbons (Fsp3) is 0.133. The van der Waals surface area contributed by atoms with Crippen LogP contribution in [-0.2, 0) is 0 Å². The third kappa shape index (κ3) is 4.18. The molecule has 0 bridgehead atoms. The van der Waals surface area contributed by atoms with Gasteiger partial charge in [-0.1, -0.05) is 29.8 Å². The molecule has 0 aromatic heterocycles. The molecule has 0 aliphatic heterocycles. The van der Waals surface area contributed by atoms with Crippen LogP contribution in [0.25, 0.3) is 0 Å². The summed E-state index contributed by atoms with van der Waals surface area (Å²) < 4.78 is 0. The van der Waals surface area contributed by atoms with Gasteiger partial charge in [0.15, 0.2) is 0 Å². The van der Waals surface area contributed by atoms with E-state index < -0.39 is 0 Å². The average molecular weight is 307 g/mol. The average Bonchev–Trinajstić information content (AvgIpc) is 2.47. The van der Waals surface area contributed by atoms with Gasteiger partial charge in [0.1, 0.15) is 0 Å². The minimum Gasteiger partial charge on any atom is -0.398 e. The number of rotatable bonds is 5. The highest BCUT2D eigenvalue weighted by Crippen LogP contribution is 2.19. The zero-order valence-electron chi connectivity index (χ0n) is 10.8. The summed E-state index contributed by atoms with van der Waals surface area (Å²) in [6.07, 6.45) is 0. The Labute approximate surface area is 127 Å². The molecule has 20 heavy (non-hydrogen) atoms. The molecule has 0 fully saturated rings. The number of thioether (sulfide) groups is 1. The predicted molar refractivity (Wildman–Crippen MR) is 85.4 cm³/mol. The van der Waals surface area contributed by atoms with Crippen LogP contribution in [-0.4, -0.2) is 18.2 Å². The number of nitrogens with one attached hydrogen (secondary N) is 1. The van der Waals surface area contributed by atoms with E-state index in [1.807, 2.05) is 30.3 Å². The largest absolute Gasteiger partial charge is 0.398 e. The molecule has 0 aliphatic rings. The Morgan fingerprint density at radius 2 is 1.95 bits per heavy atom. The van der Waals surface area contributed by atoms with E-state index in [9.17, 15) is 4.79 Å². The number of carbonyl (C=O) groups is 1. The lowest BCUT2D eigenvalue weighted by Crippen LogP contribution is -2.25. The van der Waals surface area contributed by atoms with E-state index >= 15 is 0 Å². The van der Waals surface area contributed by atoms with Gasteiger partial charge in [-0.2, -0.15) is 0 Å². The zero-order chi connectivity index (χ0) is 14.4. The predicted octanol–water partition coefficient (Wildman–Crippen LogP) is 3.44. The lowest BCUT2D eigenvalue weighted by atomic mass is 10.2. The molecule has 0 heterocycles. The number of nitrogens with two attached hydrogens (primary N) is 1. The molecular formula is C15H15ClN2OS. The van der Waals surface area contributed by atoms with Crippen molar-refractivity contribution in [3.63, 3.8) is 0 Å². The highest BCUT2D eigenvalue weighted by atomic mass is 35.5. The van der Waals surface area contributed by atoms with Crippen molar-refractivity contribution in [1.82, 2.24) is 5.32 Å². The minimum atomic E-state index is -0.138. The van der Waals surface area contributed by atoms with E-state index in [-0.39, 0.29) is 5.91 Å². The monoisotopic (exact) mass is 306 g/mol. The molecule has 104 valence electrons. The van der Waals surface area contributed by atoms with Gasteiger partial charge in [-0.3, -0.25) is 4.79 Å². The summed E-state index contributed by atoms with van der Waals surface area (Å²) in [5.41, 5.74) is 6.60. The minimum absolute atomic E-state index is 0.138. The number of benzene rings is 2. The van der Waals surface area contributed by atoms with Crippen molar-refractivity contribution in [3.8, 4) is 0 Å². The van der Waals surface area contributed by atoms with E-state index in [4.69, 9.17) is 17.3 Å². The third-order valence-corrected chi connectivity index (χ3v) is 4.00. The number of halogens is 1. The molecule has 0 unspecified atom stereocenters. The molecular weight excluding hydrogens is 292 g/mol. The first kappa shape index (κ1) is 14.8. The van der Waals surface area contributed by atoms with Crippen molar-refractivity contribution < 1.29 is 4.79 Å². The van der Waals surface area contributed by atoms with Crippen LogP contribution in [0, 0.1) is 0 Å². The maximum absolute atomic E-state index is 11.9. The molecule has 2 aromatic rings. The van der Waals surface area contributed by atoms with E-state index in [0.29, 0.717) is 22.8 Å². The van der Waals surface area contributed by atoms with Gasteiger partial charge in [-0.05, 0) is 30.3 Å². The fourth-order valence-corrected chi connectivity index (χ4v) is 2.59. The molecule has 0 saturated heterocycles. The van der Waals surface area contributed by atoms with E-state index in [1.54, 1.807) is 30.0 Å². The SMILES string of the molecule is Nc1ccc(C(=O)NCCSc2ccccc2)cc1Cl. The smallest absolute Gasteiger partial charge is 0.251 e. The summed E-state index contributed by atoms with van der Waals surface area (Å²) in [6.45, 7) is 0.598. The number of hydrogen-bond acceptors (Lipinski definition) is 3. The molecule has 0 saturated carbocycles. The van der Waals surface area contributed by atoms with Gasteiger partial charge in [0.25, 0.3) is 5.91 Å². The topological polar surface area (TPSA) is 55.1 Å². The molecule has 0 aliphatic carbocycles. The summed E-state index contributed by atoms with van der Waals surface area (Å²) >= 11 is 7.59. The van der Waals surface area contributed by atoms with Crippen LogP contribution in [0.3, 0.4) is 0 Å². The van der Waals surface area contributed by atoms with E-state index in [1.165, 1.54) is 4.90 Å². The van der Waals surface area contributed by atoms with Crippen LogP contribution in [0.2, 0.25) is 5.02 Å². The molecule has 0 radical (unpaired) electrons. The fourth-order valence-electron chi connectivity index (χ4n) is 1.62. The Morgan fingerprint density at radius 1 is 1.20 bits per heavy atom. The van der Waals surface area contributed by atoms with Crippen molar-refractivity contribution in [1.29, 1.82) is 0 Å². The second kappa shape index (κ2) is 7.22. The van der Waals surface area contributed by atoms with Crippen molar-refractivity contribution in [3.05, 3.63) is 59.1 Å². The molecule has 0 spiro atoms. The molecule has 3 nitrogen and oxygen atoms in total. The van der Waals surface area contributed by atoms with Gasteiger partial charge < -0.3 is 11.1 Å². The summed E-state index contributed by atoms with van der Waals surface area (Å²) in [5.74, 6) is 0.680. The van der Waals surface area contributed by atoms with Gasteiger partial charge in [0, 0.05) is 22.8 Å². The number of hydrogen-bond donors (Lipinski definition) is 2. The first-order valence-corrected chi connectivity index (χ1v) is 7.54. The highest BCUT2D eigenvalue weighted by Gasteiger charge is 2.06. The Kier molecular flexibility index (Phi) is 5.32. The van der Waals surface area contributed by atoms with Crippen molar-refractivity contribution in [2.75, 3.05) is 18.0 Å². The van der Waals surface area contributed by atoms with Crippen LogP contribution < -0.4 is 11.1 Å². The Morgan fingerprint density at radius 3 is 2.65 bits per heavy atom. The van der Waals surface area contributed by atoms with Crippen molar-refractivity contribution in [2.45, 2.75) is 4.90 Å². The molecule has 5 heteroatoms. The summed E-state index contributed by atoms with van der Waals surface area (Å²) in [7, 11) is 0. The zero-order valence-corrected chi connectivity index (χ0v) is 12.4. The van der Waals surface area contributed by atoms with Crippen LogP contribution in [0.1, 0.15) is 10.4 Å². The molecule has 3 N–H and O–H groups in total. The van der Waals surface area contributed by atoms with E-state index in [0.717, 1.165) is 5.75 Å². The van der Waals surface area contributed by atoms with Crippen molar-refractivity contribution >= 4 is 35.0 Å². The number of nitrogen functional groups attached to an aromatic ring is 1. The number of anilines is 1. The Bertz CT molecular complexity index is 590. The van der Waals surface area contributed by atoms with Gasteiger partial charge in [-0.15, -0.1) is 11.8 Å². The van der Waals surface area contributed by atoms with Crippen LogP contribution >= 0.6 is 23.4 Å². The van der Waals surface area contributed by atoms with Crippen LogP contribution in [0.5, 0.6) is 0 Å². The van der Waals surface area contributed by atoms with Crippen LogP contribution in [0.4, 0.5) is 5.69 Å². The summed E-state index contributed by atoms with van der Waals surface area (Å²) in [4.78, 5) is 13.1. The Balaban J connectivity index is 1.79. The van der Waals surface area contributed by atoms with Crippen molar-refractivity contribution in [2.24, 2.45) is 0 Å². The van der Waals surface area contributed by atoms with Gasteiger partial charge in [0.2, 0.25) is 0 Å². The maximum atomic E-state index is 11.9. The second-order valence-corrected chi connectivity index (χ2v) is 5.73. The first-order valence-electron chi connectivity index (χ1n) is 6.18. The van der Waals surface area contributed by atoms with E-state index in [2.05, 4.69) is 5.32 Å². The standard InChI is InChI=1S/C15H15ClN2OS/c16-13-10-11(6-7-14(13)17)15(19)18-8-9-20-12-4-2-1-3-5-12/h1-7,10H,8-9,17H2,(H,18,19). The summed E-state index contributed by atoms with van der Waals surface area (Å²) in [5, 5.41) is 3.26. The lowest BCUT2D eigenvalue weighted by molar-refractivity contribution is 0.0956. The lowest BCUT2D eigenvalue weighted by Gasteiger charge is -2.06. The second-order valence-electron chi connectivity index (χ2n) is 4.15. The summed E-state index contributed by atoms with van der Waals surface area (Å²) in [6, 6.07) is 15.0. The van der Waals surface area contributed by atoms with Crippen LogP contribution in [0.15, 0.2) is 53.4 Å². The van der Waals surface area contributed by atoms with Gasteiger partial charge >= 0.3 is 0 Å². The van der Waals surface area contributed by atoms with Gasteiger partial charge in [0.05, 0.1) is 10.7 Å². The normalized spacial score (nSPS) is 10.2. The van der Waals surface area contributed by atoms with Gasteiger partial charge in [-0.25, -0.2) is 0 Å². The quantitative estimate of drug-likeness (QED) is 0.505. The third-order valence-electron chi connectivity index (χ3n) is 2.66. The molecule has 2 rings (SSSR count). The maximum Gasteiger partial charge on any atom is 0.251 e. The number of carbonyl (C=O) groups excluding carboxylic acids is 1. The number of amides is 1. The molecule has 0 atom stereocenters. The molecule has 1 amide bonds. The first-order chi connectivity index (χ1) is 9.66. The molecule has 2 aromatic carbocycles. The highest BCUT2D eigenvalue weighted by molar-refractivity contribution is 7.99.